The third kappa shape index (κ3) is 4.09. The van der Waals surface area contributed by atoms with Crippen molar-refractivity contribution in [3.8, 4) is 0 Å². The Labute approximate surface area is 124 Å². The van der Waals surface area contributed by atoms with Gasteiger partial charge in [0.25, 0.3) is 0 Å². The first kappa shape index (κ1) is 15.6. The molecule has 2 N–H and O–H groups in total. The molecule has 0 aromatic rings. The number of rotatable bonds is 5. The molecule has 2 heterocycles. The zero-order valence-corrected chi connectivity index (χ0v) is 12.4. The van der Waals surface area contributed by atoms with Gasteiger partial charge in [-0.25, -0.2) is 4.79 Å². The average molecular weight is 297 g/mol. The molecule has 2 atom stereocenters. The van der Waals surface area contributed by atoms with E-state index >= 15 is 0 Å². The maximum Gasteiger partial charge on any atom is 0.317 e. The van der Waals surface area contributed by atoms with E-state index in [1.807, 2.05) is 11.8 Å². The van der Waals surface area contributed by atoms with E-state index in [1.54, 1.807) is 4.90 Å². The smallest absolute Gasteiger partial charge is 0.317 e. The molecule has 0 radical (unpaired) electrons. The zero-order valence-electron chi connectivity index (χ0n) is 12.4. The largest absolute Gasteiger partial charge is 0.481 e. The average Bonchev–Trinajstić information content (AvgIpc) is 2.83. The van der Waals surface area contributed by atoms with Crippen LogP contribution in [0.4, 0.5) is 4.79 Å². The molecule has 2 saturated heterocycles. The number of aliphatic carboxylic acids is 1. The fourth-order valence-electron chi connectivity index (χ4n) is 2.89. The Hall–Kier alpha value is -1.79. The minimum absolute atomic E-state index is 0.115. The molecule has 2 aliphatic rings. The first-order chi connectivity index (χ1) is 9.97. The Morgan fingerprint density at radius 2 is 2.19 bits per heavy atom. The molecule has 0 spiro atoms. The van der Waals surface area contributed by atoms with Crippen LogP contribution >= 0.6 is 0 Å². The molecule has 0 saturated carbocycles. The molecular formula is C14H23N3O4. The minimum Gasteiger partial charge on any atom is -0.481 e. The maximum absolute atomic E-state index is 12.1. The summed E-state index contributed by atoms with van der Waals surface area (Å²) in [5, 5.41) is 11.5. The Morgan fingerprint density at radius 1 is 1.43 bits per heavy atom. The Morgan fingerprint density at radius 3 is 2.90 bits per heavy atom. The lowest BCUT2D eigenvalue weighted by Crippen LogP contribution is -2.55. The number of carboxylic acid groups (broad SMARTS) is 1. The molecule has 2 aliphatic heterocycles. The number of carbonyl (C=O) groups excluding carboxylic acids is 2. The van der Waals surface area contributed by atoms with E-state index in [9.17, 15) is 14.4 Å². The summed E-state index contributed by atoms with van der Waals surface area (Å²) >= 11 is 0. The van der Waals surface area contributed by atoms with Crippen LogP contribution in [0, 0.1) is 5.92 Å². The summed E-state index contributed by atoms with van der Waals surface area (Å²) in [7, 11) is 0. The number of nitrogens with one attached hydrogen (secondary N) is 1. The zero-order chi connectivity index (χ0) is 15.4. The summed E-state index contributed by atoms with van der Waals surface area (Å²) in [5.41, 5.74) is 0. The van der Waals surface area contributed by atoms with Crippen molar-refractivity contribution in [3.63, 3.8) is 0 Å². The highest BCUT2D eigenvalue weighted by Crippen LogP contribution is 2.22. The molecule has 0 bridgehead atoms. The summed E-state index contributed by atoms with van der Waals surface area (Å²) in [6.45, 7) is 4.19. The fourth-order valence-corrected chi connectivity index (χ4v) is 2.89. The summed E-state index contributed by atoms with van der Waals surface area (Å²) < 4.78 is 0. The third-order valence-electron chi connectivity index (χ3n) is 4.23. The number of carboxylic acids is 1. The molecule has 7 nitrogen and oxygen atoms in total. The second-order valence-corrected chi connectivity index (χ2v) is 5.95. The van der Waals surface area contributed by atoms with E-state index in [4.69, 9.17) is 5.11 Å². The van der Waals surface area contributed by atoms with Crippen molar-refractivity contribution in [2.45, 2.75) is 38.6 Å². The van der Waals surface area contributed by atoms with Gasteiger partial charge in [-0.05, 0) is 18.8 Å². The van der Waals surface area contributed by atoms with E-state index in [0.29, 0.717) is 39.0 Å². The Bertz CT molecular complexity index is 426. The van der Waals surface area contributed by atoms with Crippen molar-refractivity contribution >= 4 is 17.9 Å². The van der Waals surface area contributed by atoms with Crippen LogP contribution < -0.4 is 5.32 Å². The van der Waals surface area contributed by atoms with Crippen LogP contribution in [0.2, 0.25) is 0 Å². The van der Waals surface area contributed by atoms with Crippen molar-refractivity contribution in [2.75, 3.05) is 26.2 Å². The lowest BCUT2D eigenvalue weighted by atomic mass is 10.1. The lowest BCUT2D eigenvalue weighted by molar-refractivity contribution is -0.137. The number of piperazine rings is 1. The van der Waals surface area contributed by atoms with Crippen molar-refractivity contribution in [1.29, 1.82) is 0 Å². The fraction of sp³-hybridized carbons (Fsp3) is 0.786. The SMILES string of the molecule is CC(CCC(=O)O)CNC(=O)N1CCN2C(=O)CCC2C1. The Kier molecular flexibility index (Phi) is 5.03. The van der Waals surface area contributed by atoms with Gasteiger partial charge in [-0.15, -0.1) is 0 Å². The van der Waals surface area contributed by atoms with Crippen LogP contribution in [0.3, 0.4) is 0 Å². The highest BCUT2D eigenvalue weighted by Gasteiger charge is 2.36. The standard InChI is InChI=1S/C14H23N3O4/c1-10(2-5-13(19)20)8-15-14(21)16-6-7-17-11(9-16)3-4-12(17)18/h10-11H,2-9H2,1H3,(H,15,21)(H,19,20). The molecular weight excluding hydrogens is 274 g/mol. The molecule has 2 rings (SSSR count). The van der Waals surface area contributed by atoms with Crippen LogP contribution in [0.1, 0.15) is 32.6 Å². The number of carbonyl (C=O) groups is 3. The second kappa shape index (κ2) is 6.78. The molecule has 0 aromatic heterocycles. The van der Waals surface area contributed by atoms with Gasteiger partial charge in [0.05, 0.1) is 0 Å². The molecule has 7 heteroatoms. The normalized spacial score (nSPS) is 22.9. The van der Waals surface area contributed by atoms with Gasteiger partial charge in [0.15, 0.2) is 0 Å². The quantitative estimate of drug-likeness (QED) is 0.773. The van der Waals surface area contributed by atoms with Crippen molar-refractivity contribution < 1.29 is 19.5 Å². The molecule has 0 aromatic carbocycles. The maximum atomic E-state index is 12.1. The number of urea groups is 1. The summed E-state index contributed by atoms with van der Waals surface area (Å²) in [4.78, 5) is 37.8. The van der Waals surface area contributed by atoms with Crippen LogP contribution in [0.5, 0.6) is 0 Å². The first-order valence-corrected chi connectivity index (χ1v) is 7.51. The molecule has 2 unspecified atom stereocenters. The van der Waals surface area contributed by atoms with Gasteiger partial charge < -0.3 is 20.2 Å². The van der Waals surface area contributed by atoms with Gasteiger partial charge in [0.1, 0.15) is 0 Å². The number of hydrogen-bond donors (Lipinski definition) is 2. The van der Waals surface area contributed by atoms with Gasteiger partial charge in [0.2, 0.25) is 5.91 Å². The third-order valence-corrected chi connectivity index (χ3v) is 4.23. The number of hydrogen-bond acceptors (Lipinski definition) is 3. The Balaban J connectivity index is 1.72. The van der Waals surface area contributed by atoms with Gasteiger partial charge in [0, 0.05) is 45.1 Å². The van der Waals surface area contributed by atoms with Crippen LogP contribution in [0.15, 0.2) is 0 Å². The highest BCUT2D eigenvalue weighted by atomic mass is 16.4. The summed E-state index contributed by atoms with van der Waals surface area (Å²) in [6, 6.07) is 0.0533. The molecule has 3 amide bonds. The molecule has 21 heavy (non-hydrogen) atoms. The van der Waals surface area contributed by atoms with Gasteiger partial charge >= 0.3 is 12.0 Å². The molecule has 2 fully saturated rings. The minimum atomic E-state index is -0.810. The predicted molar refractivity (Wildman–Crippen MR) is 75.7 cm³/mol. The van der Waals surface area contributed by atoms with Crippen LogP contribution in [-0.4, -0.2) is 65.0 Å². The topological polar surface area (TPSA) is 89.9 Å². The molecule has 118 valence electrons. The lowest BCUT2D eigenvalue weighted by Gasteiger charge is -2.37. The summed E-state index contributed by atoms with van der Waals surface area (Å²) in [6.07, 6.45) is 2.10. The van der Waals surface area contributed by atoms with E-state index in [0.717, 1.165) is 6.42 Å². The monoisotopic (exact) mass is 297 g/mol. The number of amides is 3. The second-order valence-electron chi connectivity index (χ2n) is 5.95. The number of fused-ring (bicyclic) bond motifs is 1. The highest BCUT2D eigenvalue weighted by molar-refractivity contribution is 5.80. The van der Waals surface area contributed by atoms with Gasteiger partial charge in [-0.3, -0.25) is 9.59 Å². The van der Waals surface area contributed by atoms with E-state index < -0.39 is 5.97 Å². The van der Waals surface area contributed by atoms with E-state index in [1.165, 1.54) is 0 Å². The van der Waals surface area contributed by atoms with Gasteiger partial charge in [-0.1, -0.05) is 6.92 Å². The first-order valence-electron chi connectivity index (χ1n) is 7.51. The molecule has 0 aliphatic carbocycles. The van der Waals surface area contributed by atoms with Crippen molar-refractivity contribution in [2.24, 2.45) is 5.92 Å². The predicted octanol–water partition coefficient (Wildman–Crippen LogP) is 0.504. The van der Waals surface area contributed by atoms with E-state index in [-0.39, 0.29) is 30.3 Å². The van der Waals surface area contributed by atoms with Crippen LogP contribution in [0.25, 0.3) is 0 Å². The van der Waals surface area contributed by atoms with Gasteiger partial charge in [-0.2, -0.15) is 0 Å². The summed E-state index contributed by atoms with van der Waals surface area (Å²) in [5.74, 6) is -0.475. The number of nitrogens with zero attached hydrogens (tertiary/aromatic N) is 2. The van der Waals surface area contributed by atoms with E-state index in [2.05, 4.69) is 5.32 Å². The van der Waals surface area contributed by atoms with Crippen LogP contribution in [-0.2, 0) is 9.59 Å². The van der Waals surface area contributed by atoms with Crippen molar-refractivity contribution in [1.82, 2.24) is 15.1 Å². The van der Waals surface area contributed by atoms with Crippen molar-refractivity contribution in [3.05, 3.63) is 0 Å².